The highest BCUT2D eigenvalue weighted by Crippen LogP contribution is 2.35. The van der Waals surface area contributed by atoms with E-state index in [1.165, 1.54) is 28.3 Å². The van der Waals surface area contributed by atoms with Crippen LogP contribution in [0.2, 0.25) is 5.02 Å². The normalized spacial score (nSPS) is 20.0. The van der Waals surface area contributed by atoms with Crippen LogP contribution in [0.25, 0.3) is 0 Å². The van der Waals surface area contributed by atoms with Crippen molar-refractivity contribution in [3.05, 3.63) is 50.4 Å². The molecule has 0 saturated carbocycles. The molecule has 2 heterocycles. The van der Waals surface area contributed by atoms with Crippen molar-refractivity contribution < 1.29 is 0 Å². The summed E-state index contributed by atoms with van der Waals surface area (Å²) in [5, 5.41) is 8.95. The van der Waals surface area contributed by atoms with Gasteiger partial charge in [-0.05, 0) is 63.9 Å². The fourth-order valence-electron chi connectivity index (χ4n) is 4.07. The first-order valence-electron chi connectivity index (χ1n) is 10.3. The van der Waals surface area contributed by atoms with Gasteiger partial charge in [0.1, 0.15) is 0 Å². The maximum atomic E-state index is 6.26. The molecule has 0 radical (unpaired) electrons. The van der Waals surface area contributed by atoms with Gasteiger partial charge in [0.2, 0.25) is 0 Å². The number of halogens is 2. The predicted molar refractivity (Wildman–Crippen MR) is 140 cm³/mol. The lowest BCUT2D eigenvalue weighted by Crippen LogP contribution is -2.45. The van der Waals surface area contributed by atoms with Gasteiger partial charge in [0, 0.05) is 42.5 Å². The predicted octanol–water partition coefficient (Wildman–Crippen LogP) is 4.82. The molecule has 1 aromatic carbocycles. The zero-order valence-corrected chi connectivity index (χ0v) is 22.1. The second-order valence-electron chi connectivity index (χ2n) is 7.76. The molecule has 1 aromatic heterocycles. The van der Waals surface area contributed by atoms with Gasteiger partial charge < -0.3 is 10.6 Å². The van der Waals surface area contributed by atoms with Crippen molar-refractivity contribution in [2.24, 2.45) is 10.9 Å². The number of hydrogen-bond acceptors (Lipinski definition) is 4. The van der Waals surface area contributed by atoms with Gasteiger partial charge in [-0.25, -0.2) is 4.98 Å². The molecule has 2 unspecified atom stereocenters. The fraction of sp³-hybridized carbons (Fsp3) is 0.545. The molecule has 5 nitrogen and oxygen atoms in total. The van der Waals surface area contributed by atoms with Gasteiger partial charge in [-0.2, -0.15) is 0 Å². The monoisotopic (exact) mass is 561 g/mol. The first kappa shape index (κ1) is 25.4. The average molecular weight is 562 g/mol. The van der Waals surface area contributed by atoms with Crippen molar-refractivity contribution in [1.29, 1.82) is 0 Å². The van der Waals surface area contributed by atoms with E-state index in [2.05, 4.69) is 58.5 Å². The minimum absolute atomic E-state index is 0. The van der Waals surface area contributed by atoms with Crippen LogP contribution in [0.1, 0.15) is 40.0 Å². The van der Waals surface area contributed by atoms with Crippen molar-refractivity contribution >= 4 is 52.9 Å². The Morgan fingerprint density at radius 2 is 2.13 bits per heavy atom. The molecule has 1 aliphatic heterocycles. The van der Waals surface area contributed by atoms with Crippen LogP contribution < -0.4 is 10.6 Å². The molecule has 3 rings (SSSR count). The van der Waals surface area contributed by atoms with Crippen molar-refractivity contribution in [2.75, 3.05) is 33.7 Å². The van der Waals surface area contributed by atoms with E-state index in [1.54, 1.807) is 11.3 Å². The van der Waals surface area contributed by atoms with Gasteiger partial charge in [0.25, 0.3) is 0 Å². The van der Waals surface area contributed by atoms with Crippen molar-refractivity contribution in [2.45, 2.75) is 39.2 Å². The number of guanidine groups is 1. The van der Waals surface area contributed by atoms with Gasteiger partial charge in [-0.15, -0.1) is 35.3 Å². The lowest BCUT2D eigenvalue weighted by atomic mass is 9.85. The number of aromatic nitrogens is 1. The summed E-state index contributed by atoms with van der Waals surface area (Å²) < 4.78 is 0. The van der Waals surface area contributed by atoms with Crippen LogP contribution in [-0.4, -0.2) is 49.6 Å². The summed E-state index contributed by atoms with van der Waals surface area (Å²) in [7, 11) is 4.04. The van der Waals surface area contributed by atoms with E-state index in [0.717, 1.165) is 42.7 Å². The van der Waals surface area contributed by atoms with Crippen LogP contribution in [-0.2, 0) is 6.42 Å². The second kappa shape index (κ2) is 12.2. The van der Waals surface area contributed by atoms with Crippen LogP contribution in [0.4, 0.5) is 0 Å². The molecule has 1 saturated heterocycles. The first-order chi connectivity index (χ1) is 14.0. The van der Waals surface area contributed by atoms with Gasteiger partial charge in [0.05, 0.1) is 10.7 Å². The summed E-state index contributed by atoms with van der Waals surface area (Å²) in [6.45, 7) is 7.03. The topological polar surface area (TPSA) is 52.6 Å². The number of hydrogen-bond donors (Lipinski definition) is 2. The van der Waals surface area contributed by atoms with Gasteiger partial charge in [-0.1, -0.05) is 23.7 Å². The largest absolute Gasteiger partial charge is 0.356 e. The molecule has 8 heteroatoms. The maximum Gasteiger partial charge on any atom is 0.191 e. The second-order valence-corrected chi connectivity index (χ2v) is 9.49. The van der Waals surface area contributed by atoms with Crippen molar-refractivity contribution in [3.63, 3.8) is 0 Å². The van der Waals surface area contributed by atoms with E-state index < -0.39 is 0 Å². The Hall–Kier alpha value is -0.900. The van der Waals surface area contributed by atoms with E-state index in [9.17, 15) is 0 Å². The number of aryl methyl sites for hydroxylation is 2. The molecule has 1 aliphatic rings. The summed E-state index contributed by atoms with van der Waals surface area (Å²) in [5.41, 5.74) is 2.44. The number of nitrogens with zero attached hydrogens (tertiary/aromatic N) is 3. The third-order valence-electron chi connectivity index (χ3n) is 5.66. The number of rotatable bonds is 6. The molecule has 1 fully saturated rings. The molecule has 2 N–H and O–H groups in total. The SMILES string of the molecule is CN=C(NCCc1nc(C)c(C)s1)NCC1CCCN(C)C1c1cccc(Cl)c1.I. The number of benzene rings is 1. The van der Waals surface area contributed by atoms with Crippen LogP contribution in [0.5, 0.6) is 0 Å². The highest BCUT2D eigenvalue weighted by atomic mass is 127. The maximum absolute atomic E-state index is 6.26. The molecule has 30 heavy (non-hydrogen) atoms. The molecule has 0 amide bonds. The quantitative estimate of drug-likeness (QED) is 0.302. The molecular weight excluding hydrogens is 529 g/mol. The third kappa shape index (κ3) is 6.80. The number of aliphatic imine (C=N–C) groups is 1. The third-order valence-corrected chi connectivity index (χ3v) is 7.02. The van der Waals surface area contributed by atoms with Gasteiger partial charge in [-0.3, -0.25) is 9.89 Å². The van der Waals surface area contributed by atoms with Crippen molar-refractivity contribution in [1.82, 2.24) is 20.5 Å². The van der Waals surface area contributed by atoms with Gasteiger partial charge >= 0.3 is 0 Å². The van der Waals surface area contributed by atoms with E-state index in [-0.39, 0.29) is 24.0 Å². The number of nitrogens with one attached hydrogen (secondary N) is 2. The molecule has 0 spiro atoms. The first-order valence-corrected chi connectivity index (χ1v) is 11.5. The Morgan fingerprint density at radius 1 is 1.33 bits per heavy atom. The summed E-state index contributed by atoms with van der Waals surface area (Å²) in [5.74, 6) is 1.36. The van der Waals surface area contributed by atoms with E-state index in [1.807, 2.05) is 19.2 Å². The number of piperidine rings is 1. The molecule has 2 atom stereocenters. The summed E-state index contributed by atoms with van der Waals surface area (Å²) in [6.07, 6.45) is 3.33. The Morgan fingerprint density at radius 3 is 2.80 bits per heavy atom. The minimum atomic E-state index is 0. The zero-order chi connectivity index (χ0) is 20.8. The highest BCUT2D eigenvalue weighted by molar-refractivity contribution is 14.0. The van der Waals surface area contributed by atoms with Crippen LogP contribution in [0.3, 0.4) is 0 Å². The molecule has 0 aliphatic carbocycles. The lowest BCUT2D eigenvalue weighted by molar-refractivity contribution is 0.122. The molecule has 166 valence electrons. The van der Waals surface area contributed by atoms with E-state index >= 15 is 0 Å². The lowest BCUT2D eigenvalue weighted by Gasteiger charge is -2.40. The molecular formula is C22H33ClIN5S. The summed E-state index contributed by atoms with van der Waals surface area (Å²) in [6, 6.07) is 8.66. The number of likely N-dealkylation sites (tertiary alicyclic amines) is 1. The highest BCUT2D eigenvalue weighted by Gasteiger charge is 2.30. The smallest absolute Gasteiger partial charge is 0.191 e. The standard InChI is InChI=1S/C22H32ClN5S.HI/c1-15-16(2)29-20(27-15)10-11-25-22(24-3)26-14-18-8-6-12-28(4)21(18)17-7-5-9-19(23)13-17;/h5,7,9,13,18,21H,6,8,10-12,14H2,1-4H3,(H2,24,25,26);1H. The van der Waals surface area contributed by atoms with E-state index in [0.29, 0.717) is 12.0 Å². The van der Waals surface area contributed by atoms with Crippen molar-refractivity contribution in [3.8, 4) is 0 Å². The summed E-state index contributed by atoms with van der Waals surface area (Å²) >= 11 is 8.04. The average Bonchev–Trinajstić information content (AvgIpc) is 3.02. The Kier molecular flexibility index (Phi) is 10.3. The van der Waals surface area contributed by atoms with E-state index in [4.69, 9.17) is 11.6 Å². The van der Waals surface area contributed by atoms with Crippen LogP contribution in [0.15, 0.2) is 29.3 Å². The minimum Gasteiger partial charge on any atom is -0.356 e. The molecule has 0 bridgehead atoms. The Balaban J connectivity index is 0.00000320. The molecule has 2 aromatic rings. The van der Waals surface area contributed by atoms with Crippen LogP contribution >= 0.6 is 46.9 Å². The Bertz CT molecular complexity index is 821. The van der Waals surface area contributed by atoms with Crippen LogP contribution in [0, 0.1) is 19.8 Å². The van der Waals surface area contributed by atoms with Gasteiger partial charge in [0.15, 0.2) is 5.96 Å². The Labute approximate surface area is 206 Å². The summed E-state index contributed by atoms with van der Waals surface area (Å²) in [4.78, 5) is 12.8. The fourth-order valence-corrected chi connectivity index (χ4v) is 5.21. The zero-order valence-electron chi connectivity index (χ0n) is 18.2. The number of thiazole rings is 1.